The zero-order chi connectivity index (χ0) is 14.2. The smallest absolute Gasteiger partial charge is 0.125 e. The number of fused-ring (bicyclic) bond motifs is 1. The van der Waals surface area contributed by atoms with E-state index in [-0.39, 0.29) is 11.2 Å². The maximum atomic E-state index is 13.6. The van der Waals surface area contributed by atoms with Crippen molar-refractivity contribution in [1.29, 1.82) is 0 Å². The van der Waals surface area contributed by atoms with E-state index in [0.29, 0.717) is 0 Å². The first-order valence-electron chi connectivity index (χ1n) is 7.51. The average Bonchev–Trinajstić information content (AvgIpc) is 2.79. The van der Waals surface area contributed by atoms with Crippen LogP contribution in [0.15, 0.2) is 18.2 Å². The Morgan fingerprint density at radius 3 is 3.00 bits per heavy atom. The van der Waals surface area contributed by atoms with E-state index < -0.39 is 0 Å². The number of benzene rings is 1. The van der Waals surface area contributed by atoms with Gasteiger partial charge in [0.2, 0.25) is 0 Å². The molecule has 20 heavy (non-hydrogen) atoms. The topological polar surface area (TPSA) is 29.9 Å². The van der Waals surface area contributed by atoms with Crippen molar-refractivity contribution in [3.05, 3.63) is 29.8 Å². The van der Waals surface area contributed by atoms with E-state index in [1.807, 2.05) is 0 Å². The number of rotatable bonds is 3. The number of hydrogen-bond donors (Lipinski definition) is 1. The van der Waals surface area contributed by atoms with Gasteiger partial charge >= 0.3 is 0 Å². The lowest BCUT2D eigenvalue weighted by Gasteiger charge is -2.34. The van der Waals surface area contributed by atoms with Crippen molar-refractivity contribution in [2.75, 3.05) is 13.1 Å². The normalized spacial score (nSPS) is 23.4. The van der Waals surface area contributed by atoms with Gasteiger partial charge in [0.05, 0.1) is 11.0 Å². The molecule has 1 aromatic carbocycles. The number of nitrogens with one attached hydrogen (secondary N) is 1. The highest BCUT2D eigenvalue weighted by Gasteiger charge is 2.33. The summed E-state index contributed by atoms with van der Waals surface area (Å²) in [5.41, 5.74) is 1.87. The number of halogens is 1. The fourth-order valence-electron chi connectivity index (χ4n) is 3.25. The lowest BCUT2D eigenvalue weighted by Crippen LogP contribution is -2.42. The van der Waals surface area contributed by atoms with Crippen LogP contribution in [0.3, 0.4) is 0 Å². The van der Waals surface area contributed by atoms with E-state index in [9.17, 15) is 4.39 Å². The summed E-state index contributed by atoms with van der Waals surface area (Å²) in [6, 6.07) is 4.90. The minimum atomic E-state index is -0.187. The zero-order valence-electron chi connectivity index (χ0n) is 12.2. The Morgan fingerprint density at radius 2 is 2.30 bits per heavy atom. The van der Waals surface area contributed by atoms with Crippen LogP contribution in [-0.4, -0.2) is 22.6 Å². The summed E-state index contributed by atoms with van der Waals surface area (Å²) in [5, 5.41) is 3.47. The molecule has 4 heteroatoms. The molecule has 108 valence electrons. The van der Waals surface area contributed by atoms with Crippen LogP contribution in [0.25, 0.3) is 11.0 Å². The fourth-order valence-corrected chi connectivity index (χ4v) is 3.25. The lowest BCUT2D eigenvalue weighted by molar-refractivity contribution is 0.314. The first-order chi connectivity index (χ1) is 9.64. The third-order valence-electron chi connectivity index (χ3n) is 4.29. The molecular weight excluding hydrogens is 253 g/mol. The Morgan fingerprint density at radius 1 is 1.45 bits per heavy atom. The Labute approximate surface area is 119 Å². The summed E-state index contributed by atoms with van der Waals surface area (Å²) in [6.45, 7) is 7.34. The largest absolute Gasteiger partial charge is 0.327 e. The Bertz CT molecular complexity index is 611. The predicted octanol–water partition coefficient (Wildman–Crippen LogP) is 3.23. The third kappa shape index (κ3) is 2.22. The molecule has 1 saturated heterocycles. The van der Waals surface area contributed by atoms with E-state index in [1.165, 1.54) is 12.5 Å². The molecule has 1 atom stereocenters. The van der Waals surface area contributed by atoms with Crippen molar-refractivity contribution in [2.24, 2.45) is 0 Å². The molecule has 1 unspecified atom stereocenters. The molecule has 0 spiro atoms. The minimum Gasteiger partial charge on any atom is -0.327 e. The molecule has 2 heterocycles. The first-order valence-corrected chi connectivity index (χ1v) is 7.51. The van der Waals surface area contributed by atoms with Crippen LogP contribution in [0, 0.1) is 5.82 Å². The molecule has 3 nitrogen and oxygen atoms in total. The van der Waals surface area contributed by atoms with Crippen LogP contribution >= 0.6 is 0 Å². The van der Waals surface area contributed by atoms with E-state index >= 15 is 0 Å². The molecule has 1 aliphatic rings. The van der Waals surface area contributed by atoms with Crippen LogP contribution in [0.4, 0.5) is 4.39 Å². The summed E-state index contributed by atoms with van der Waals surface area (Å²) in [4.78, 5) is 4.82. The molecule has 3 rings (SSSR count). The molecule has 1 aliphatic heterocycles. The van der Waals surface area contributed by atoms with Crippen LogP contribution in [0.5, 0.6) is 0 Å². The van der Waals surface area contributed by atoms with Crippen LogP contribution in [0.1, 0.15) is 38.9 Å². The fraction of sp³-hybridized carbons (Fsp3) is 0.562. The molecule has 0 aliphatic carbocycles. The third-order valence-corrected chi connectivity index (χ3v) is 4.29. The Balaban J connectivity index is 2.15. The monoisotopic (exact) mass is 275 g/mol. The van der Waals surface area contributed by atoms with Gasteiger partial charge in [0, 0.05) is 18.5 Å². The number of hydrogen-bond acceptors (Lipinski definition) is 2. The highest BCUT2D eigenvalue weighted by molar-refractivity contribution is 5.76. The predicted molar refractivity (Wildman–Crippen MR) is 79.4 cm³/mol. The number of aromatic nitrogens is 2. The van der Waals surface area contributed by atoms with Gasteiger partial charge in [-0.15, -0.1) is 0 Å². The second kappa shape index (κ2) is 5.17. The Kier molecular flexibility index (Phi) is 3.50. The number of imidazole rings is 1. The van der Waals surface area contributed by atoms with Gasteiger partial charge in [0.15, 0.2) is 0 Å². The van der Waals surface area contributed by atoms with Gasteiger partial charge in [0.1, 0.15) is 11.6 Å². The molecule has 0 saturated carbocycles. The van der Waals surface area contributed by atoms with Crippen molar-refractivity contribution in [2.45, 2.75) is 45.1 Å². The summed E-state index contributed by atoms with van der Waals surface area (Å²) in [6.07, 6.45) is 3.33. The van der Waals surface area contributed by atoms with Crippen LogP contribution in [0.2, 0.25) is 0 Å². The highest BCUT2D eigenvalue weighted by Crippen LogP contribution is 2.32. The molecule has 1 aromatic heterocycles. The maximum absolute atomic E-state index is 13.6. The summed E-state index contributed by atoms with van der Waals surface area (Å²) < 4.78 is 15.8. The van der Waals surface area contributed by atoms with Crippen molar-refractivity contribution in [3.8, 4) is 0 Å². The zero-order valence-corrected chi connectivity index (χ0v) is 12.2. The van der Waals surface area contributed by atoms with Gasteiger partial charge in [0.25, 0.3) is 0 Å². The van der Waals surface area contributed by atoms with Gasteiger partial charge in [-0.25, -0.2) is 9.37 Å². The van der Waals surface area contributed by atoms with Crippen molar-refractivity contribution < 1.29 is 4.39 Å². The molecule has 1 fully saturated rings. The van der Waals surface area contributed by atoms with Crippen molar-refractivity contribution in [3.63, 3.8) is 0 Å². The SMILES string of the molecule is CCCn1c(C2(C)CCCNC2)nc2ccc(F)cc21. The molecule has 2 aromatic rings. The van der Waals surface area contributed by atoms with Crippen LogP contribution in [-0.2, 0) is 12.0 Å². The van der Waals surface area contributed by atoms with E-state index in [0.717, 1.165) is 49.3 Å². The van der Waals surface area contributed by atoms with E-state index in [1.54, 1.807) is 12.1 Å². The standard InChI is InChI=1S/C16H22FN3/c1-3-9-20-14-10-12(17)5-6-13(14)19-15(20)16(2)7-4-8-18-11-16/h5-6,10,18H,3-4,7-9,11H2,1-2H3. The highest BCUT2D eigenvalue weighted by atomic mass is 19.1. The van der Waals surface area contributed by atoms with Gasteiger partial charge in [-0.05, 0) is 44.0 Å². The van der Waals surface area contributed by atoms with E-state index in [4.69, 9.17) is 4.98 Å². The number of aryl methyl sites for hydroxylation is 1. The van der Waals surface area contributed by atoms with Crippen molar-refractivity contribution in [1.82, 2.24) is 14.9 Å². The van der Waals surface area contributed by atoms with Gasteiger partial charge in [-0.3, -0.25) is 0 Å². The quantitative estimate of drug-likeness (QED) is 0.932. The van der Waals surface area contributed by atoms with Gasteiger partial charge in [-0.1, -0.05) is 13.8 Å². The summed E-state index contributed by atoms with van der Waals surface area (Å²) in [5.74, 6) is 0.917. The molecule has 0 radical (unpaired) electrons. The second-order valence-electron chi connectivity index (χ2n) is 6.06. The Hall–Kier alpha value is -1.42. The molecule has 0 amide bonds. The molecule has 0 bridgehead atoms. The first kappa shape index (κ1) is 13.6. The molecule has 1 N–H and O–H groups in total. The maximum Gasteiger partial charge on any atom is 0.125 e. The van der Waals surface area contributed by atoms with Crippen LogP contribution < -0.4 is 5.32 Å². The summed E-state index contributed by atoms with van der Waals surface area (Å²) >= 11 is 0. The number of piperidine rings is 1. The number of nitrogens with zero attached hydrogens (tertiary/aromatic N) is 2. The lowest BCUT2D eigenvalue weighted by atomic mass is 9.82. The summed E-state index contributed by atoms with van der Waals surface area (Å²) in [7, 11) is 0. The molecular formula is C16H22FN3. The minimum absolute atomic E-state index is 0.0446. The van der Waals surface area contributed by atoms with Gasteiger partial charge < -0.3 is 9.88 Å². The van der Waals surface area contributed by atoms with Crippen molar-refractivity contribution >= 4 is 11.0 Å². The second-order valence-corrected chi connectivity index (χ2v) is 6.06. The average molecular weight is 275 g/mol. The van der Waals surface area contributed by atoms with E-state index in [2.05, 4.69) is 23.7 Å². The van der Waals surface area contributed by atoms with Gasteiger partial charge in [-0.2, -0.15) is 0 Å².